The Kier molecular flexibility index (Phi) is 8.40. The van der Waals surface area contributed by atoms with Crippen molar-refractivity contribution in [1.29, 1.82) is 0 Å². The lowest BCUT2D eigenvalue weighted by molar-refractivity contribution is -0.114. The van der Waals surface area contributed by atoms with Crippen molar-refractivity contribution >= 4 is 35.3 Å². The van der Waals surface area contributed by atoms with Gasteiger partial charge < -0.3 is 15.0 Å². The average Bonchev–Trinajstić information content (AvgIpc) is 2.87. The Hall–Kier alpha value is -3.35. The maximum absolute atomic E-state index is 13.7. The minimum absolute atomic E-state index is 0.0675. The van der Waals surface area contributed by atoms with Crippen molar-refractivity contribution in [1.82, 2.24) is 5.32 Å². The Bertz CT molecular complexity index is 1220. The molecule has 1 aliphatic heterocycles. The normalized spacial score (nSPS) is 14.2. The summed E-state index contributed by atoms with van der Waals surface area (Å²) in [7, 11) is 0. The van der Waals surface area contributed by atoms with Crippen LogP contribution in [0.3, 0.4) is 0 Å². The summed E-state index contributed by atoms with van der Waals surface area (Å²) in [5.41, 5.74) is 4.46. The summed E-state index contributed by atoms with van der Waals surface area (Å²) in [6, 6.07) is 23.6. The molecule has 0 unspecified atom stereocenters. The first-order valence-electron chi connectivity index (χ1n) is 11.9. The molecule has 4 rings (SSSR count). The van der Waals surface area contributed by atoms with Crippen LogP contribution in [-0.4, -0.2) is 31.6 Å². The van der Waals surface area contributed by atoms with Crippen molar-refractivity contribution in [3.05, 3.63) is 100.0 Å². The third-order valence-electron chi connectivity index (χ3n) is 5.66. The molecule has 1 aliphatic rings. The van der Waals surface area contributed by atoms with Crippen LogP contribution in [0.2, 0.25) is 0 Å². The van der Waals surface area contributed by atoms with E-state index in [1.807, 2.05) is 86.7 Å². The molecule has 0 fully saturated rings. The van der Waals surface area contributed by atoms with Gasteiger partial charge in [0.2, 0.25) is 0 Å². The number of benzene rings is 3. The van der Waals surface area contributed by atoms with Crippen LogP contribution in [-0.2, 0) is 16.1 Å². The quantitative estimate of drug-likeness (QED) is 0.305. The highest BCUT2D eigenvalue weighted by atomic mass is 32.2. The molecule has 180 valence electrons. The zero-order valence-corrected chi connectivity index (χ0v) is 20.9. The van der Waals surface area contributed by atoms with Gasteiger partial charge in [-0.3, -0.25) is 9.59 Å². The van der Waals surface area contributed by atoms with Crippen molar-refractivity contribution in [2.45, 2.75) is 31.7 Å². The number of anilines is 1. The van der Waals surface area contributed by atoms with Gasteiger partial charge in [-0.05, 0) is 55.7 Å². The standard InChI is InChI=1S/C29H30N2O3S/c1-3-34-16-8-15-30-28(32)24-13-14-26-25(19-24)31(20-23-12-7-9-21(2)17-23)29(33)27(35-26)18-22-10-5-4-6-11-22/h4-7,9-14,17-19H,3,8,15-16,20H2,1-2H3,(H,30,32)/b27-18-. The van der Waals surface area contributed by atoms with Gasteiger partial charge in [0.1, 0.15) is 0 Å². The second kappa shape index (κ2) is 11.9. The molecule has 0 aliphatic carbocycles. The third-order valence-corrected chi connectivity index (χ3v) is 6.74. The van der Waals surface area contributed by atoms with E-state index in [1.165, 1.54) is 11.8 Å². The topological polar surface area (TPSA) is 58.6 Å². The van der Waals surface area contributed by atoms with Crippen LogP contribution < -0.4 is 10.2 Å². The zero-order chi connectivity index (χ0) is 24.6. The zero-order valence-electron chi connectivity index (χ0n) is 20.1. The van der Waals surface area contributed by atoms with Crippen molar-refractivity contribution in [3.8, 4) is 0 Å². The molecule has 0 radical (unpaired) electrons. The second-order valence-electron chi connectivity index (χ2n) is 8.39. The number of fused-ring (bicyclic) bond motifs is 1. The van der Waals surface area contributed by atoms with Crippen LogP contribution in [0.5, 0.6) is 0 Å². The number of carbonyl (C=O) groups excluding carboxylic acids is 2. The van der Waals surface area contributed by atoms with Crippen LogP contribution in [0.4, 0.5) is 5.69 Å². The SMILES string of the molecule is CCOCCCNC(=O)c1ccc2c(c1)N(Cc1cccc(C)c1)C(=O)/C(=C/c1ccccc1)S2. The molecule has 2 amide bonds. The van der Waals surface area contributed by atoms with Crippen LogP contribution in [0.1, 0.15) is 40.4 Å². The molecule has 0 saturated heterocycles. The minimum atomic E-state index is -0.150. The lowest BCUT2D eigenvalue weighted by Gasteiger charge is -2.31. The van der Waals surface area contributed by atoms with Crippen LogP contribution >= 0.6 is 11.8 Å². The molecule has 0 aromatic heterocycles. The number of aryl methyl sites for hydroxylation is 1. The van der Waals surface area contributed by atoms with Crippen molar-refractivity contribution in [3.63, 3.8) is 0 Å². The molecule has 0 spiro atoms. The lowest BCUT2D eigenvalue weighted by atomic mass is 10.1. The van der Waals surface area contributed by atoms with Crippen molar-refractivity contribution in [2.75, 3.05) is 24.7 Å². The van der Waals surface area contributed by atoms with E-state index in [9.17, 15) is 9.59 Å². The van der Waals surface area contributed by atoms with Crippen LogP contribution in [0.15, 0.2) is 82.6 Å². The predicted molar refractivity (Wildman–Crippen MR) is 143 cm³/mol. The van der Waals surface area contributed by atoms with Gasteiger partial charge in [-0.1, -0.05) is 71.9 Å². The summed E-state index contributed by atoms with van der Waals surface area (Å²) in [5, 5.41) is 2.95. The Balaban J connectivity index is 1.63. The maximum atomic E-state index is 13.7. The van der Waals surface area contributed by atoms with Gasteiger partial charge in [-0.2, -0.15) is 0 Å². The van der Waals surface area contributed by atoms with Gasteiger partial charge >= 0.3 is 0 Å². The number of nitrogens with one attached hydrogen (secondary N) is 1. The first kappa shape index (κ1) is 24.8. The smallest absolute Gasteiger partial charge is 0.265 e. The number of nitrogens with zero attached hydrogens (tertiary/aromatic N) is 1. The second-order valence-corrected chi connectivity index (χ2v) is 9.47. The molecule has 5 nitrogen and oxygen atoms in total. The molecule has 1 heterocycles. The van der Waals surface area contributed by atoms with Gasteiger partial charge in [0.15, 0.2) is 0 Å². The summed E-state index contributed by atoms with van der Waals surface area (Å²) >= 11 is 1.45. The van der Waals surface area contributed by atoms with E-state index in [0.717, 1.165) is 33.7 Å². The highest BCUT2D eigenvalue weighted by Crippen LogP contribution is 2.43. The van der Waals surface area contributed by atoms with E-state index in [1.54, 1.807) is 4.90 Å². The first-order chi connectivity index (χ1) is 17.0. The Morgan fingerprint density at radius 3 is 2.66 bits per heavy atom. The van der Waals surface area contributed by atoms with Crippen molar-refractivity contribution in [2.24, 2.45) is 0 Å². The number of amides is 2. The number of hydrogen-bond acceptors (Lipinski definition) is 4. The number of hydrogen-bond donors (Lipinski definition) is 1. The Morgan fingerprint density at radius 2 is 1.89 bits per heavy atom. The van der Waals surface area contributed by atoms with E-state index in [0.29, 0.717) is 36.8 Å². The molecule has 3 aromatic rings. The summed E-state index contributed by atoms with van der Waals surface area (Å²) in [5.74, 6) is -0.218. The first-order valence-corrected chi connectivity index (χ1v) is 12.7. The number of thioether (sulfide) groups is 1. The summed E-state index contributed by atoms with van der Waals surface area (Å²) in [4.78, 5) is 29.8. The fraction of sp³-hybridized carbons (Fsp3) is 0.241. The van der Waals surface area contributed by atoms with Crippen LogP contribution in [0, 0.1) is 6.92 Å². The van der Waals surface area contributed by atoms with Gasteiger partial charge in [0.25, 0.3) is 11.8 Å². The Labute approximate surface area is 211 Å². The predicted octanol–water partition coefficient (Wildman–Crippen LogP) is 5.83. The van der Waals surface area contributed by atoms with Gasteiger partial charge in [-0.15, -0.1) is 0 Å². The van der Waals surface area contributed by atoms with Crippen LogP contribution in [0.25, 0.3) is 6.08 Å². The highest BCUT2D eigenvalue weighted by molar-refractivity contribution is 8.04. The van der Waals surface area contributed by atoms with Gasteiger partial charge in [0.05, 0.1) is 17.1 Å². The Morgan fingerprint density at radius 1 is 1.06 bits per heavy atom. The van der Waals surface area contributed by atoms with E-state index >= 15 is 0 Å². The van der Waals surface area contributed by atoms with E-state index in [2.05, 4.69) is 11.4 Å². The number of ether oxygens (including phenoxy) is 1. The summed E-state index contributed by atoms with van der Waals surface area (Å²) in [6.07, 6.45) is 2.68. The summed E-state index contributed by atoms with van der Waals surface area (Å²) in [6.45, 7) is 6.25. The molecule has 0 atom stereocenters. The lowest BCUT2D eigenvalue weighted by Crippen LogP contribution is -2.34. The number of rotatable bonds is 9. The van der Waals surface area contributed by atoms with Gasteiger partial charge in [0, 0.05) is 30.2 Å². The third kappa shape index (κ3) is 6.41. The molecule has 0 bridgehead atoms. The molecular weight excluding hydrogens is 456 g/mol. The monoisotopic (exact) mass is 486 g/mol. The average molecular weight is 487 g/mol. The molecule has 0 saturated carbocycles. The molecular formula is C29H30N2O3S. The largest absolute Gasteiger partial charge is 0.382 e. The fourth-order valence-electron chi connectivity index (χ4n) is 3.92. The number of carbonyl (C=O) groups is 2. The molecule has 35 heavy (non-hydrogen) atoms. The molecule has 6 heteroatoms. The molecule has 3 aromatic carbocycles. The van der Waals surface area contributed by atoms with E-state index < -0.39 is 0 Å². The summed E-state index contributed by atoms with van der Waals surface area (Å²) < 4.78 is 5.34. The maximum Gasteiger partial charge on any atom is 0.265 e. The van der Waals surface area contributed by atoms with Gasteiger partial charge in [-0.25, -0.2) is 0 Å². The highest BCUT2D eigenvalue weighted by Gasteiger charge is 2.30. The fourth-order valence-corrected chi connectivity index (χ4v) is 4.96. The van der Waals surface area contributed by atoms with E-state index in [-0.39, 0.29) is 11.8 Å². The molecule has 1 N–H and O–H groups in total. The van der Waals surface area contributed by atoms with E-state index in [4.69, 9.17) is 4.74 Å². The minimum Gasteiger partial charge on any atom is -0.382 e. The van der Waals surface area contributed by atoms with Crippen molar-refractivity contribution < 1.29 is 14.3 Å².